The number of aliphatic hydroxyl groups excluding tert-OH is 1. The highest BCUT2D eigenvalue weighted by Gasteiger charge is 2.27. The number of carbonyl (C=O) groups is 4. The van der Waals surface area contributed by atoms with Crippen LogP contribution in [0.1, 0.15) is 25.7 Å². The molecule has 0 aliphatic carbocycles. The van der Waals surface area contributed by atoms with Gasteiger partial charge in [0.1, 0.15) is 12.1 Å². The van der Waals surface area contributed by atoms with E-state index in [1.165, 1.54) is 0 Å². The number of hydrogen-bond donors (Lipinski definition) is 7. The van der Waals surface area contributed by atoms with Gasteiger partial charge in [0.25, 0.3) is 0 Å². The van der Waals surface area contributed by atoms with Crippen LogP contribution in [-0.2, 0) is 19.2 Å². The summed E-state index contributed by atoms with van der Waals surface area (Å²) in [6, 6.07) is -3.72. The summed E-state index contributed by atoms with van der Waals surface area (Å²) in [5, 5.41) is 30.7. The molecule has 0 spiro atoms. The van der Waals surface area contributed by atoms with Crippen LogP contribution in [0.5, 0.6) is 0 Å². The minimum Gasteiger partial charge on any atom is -0.481 e. The molecule has 0 aromatic heterocycles. The second-order valence-corrected chi connectivity index (χ2v) is 5.11. The van der Waals surface area contributed by atoms with Crippen LogP contribution < -0.4 is 22.1 Å². The molecular formula is C13H24N4O7. The topological polar surface area (TPSA) is 205 Å². The molecule has 0 heterocycles. The molecule has 11 nitrogen and oxygen atoms in total. The van der Waals surface area contributed by atoms with Gasteiger partial charge in [0, 0.05) is 6.42 Å². The first-order valence-corrected chi connectivity index (χ1v) is 7.34. The fourth-order valence-electron chi connectivity index (χ4n) is 1.74. The van der Waals surface area contributed by atoms with Gasteiger partial charge in [0.15, 0.2) is 0 Å². The Kier molecular flexibility index (Phi) is 10.3. The van der Waals surface area contributed by atoms with Crippen molar-refractivity contribution in [1.29, 1.82) is 0 Å². The molecule has 0 rings (SSSR count). The van der Waals surface area contributed by atoms with E-state index >= 15 is 0 Å². The van der Waals surface area contributed by atoms with Crippen molar-refractivity contribution >= 4 is 23.8 Å². The molecule has 0 aliphatic heterocycles. The van der Waals surface area contributed by atoms with Gasteiger partial charge >= 0.3 is 11.9 Å². The summed E-state index contributed by atoms with van der Waals surface area (Å²) < 4.78 is 0. The molecule has 0 saturated heterocycles. The SMILES string of the molecule is NCCC[C@H](NC(=O)[C@@H](N)CCC(=O)O)C(=O)N[C@@H](CO)C(=O)O. The predicted molar refractivity (Wildman–Crippen MR) is 81.7 cm³/mol. The molecule has 0 unspecified atom stereocenters. The van der Waals surface area contributed by atoms with Gasteiger partial charge in [-0.2, -0.15) is 0 Å². The first-order chi connectivity index (χ1) is 11.2. The highest BCUT2D eigenvalue weighted by atomic mass is 16.4. The van der Waals surface area contributed by atoms with Crippen molar-refractivity contribution in [1.82, 2.24) is 10.6 Å². The Hall–Kier alpha value is -2.24. The Morgan fingerprint density at radius 2 is 1.54 bits per heavy atom. The van der Waals surface area contributed by atoms with Gasteiger partial charge in [-0.1, -0.05) is 0 Å². The lowest BCUT2D eigenvalue weighted by Crippen LogP contribution is -2.55. The highest BCUT2D eigenvalue weighted by Crippen LogP contribution is 2.01. The molecule has 24 heavy (non-hydrogen) atoms. The van der Waals surface area contributed by atoms with Crippen LogP contribution in [0.25, 0.3) is 0 Å². The highest BCUT2D eigenvalue weighted by molar-refractivity contribution is 5.91. The molecule has 3 atom stereocenters. The van der Waals surface area contributed by atoms with Gasteiger partial charge in [0.2, 0.25) is 11.8 Å². The molecule has 0 saturated carbocycles. The fraction of sp³-hybridized carbons (Fsp3) is 0.692. The van der Waals surface area contributed by atoms with Crippen molar-refractivity contribution in [2.45, 2.75) is 43.8 Å². The average Bonchev–Trinajstić information content (AvgIpc) is 2.52. The zero-order valence-corrected chi connectivity index (χ0v) is 13.1. The monoisotopic (exact) mass is 348 g/mol. The lowest BCUT2D eigenvalue weighted by atomic mass is 10.1. The summed E-state index contributed by atoms with van der Waals surface area (Å²) in [6.45, 7) is -0.566. The first kappa shape index (κ1) is 21.8. The van der Waals surface area contributed by atoms with Gasteiger partial charge in [-0.05, 0) is 25.8 Å². The maximum Gasteiger partial charge on any atom is 0.328 e. The zero-order valence-electron chi connectivity index (χ0n) is 13.1. The maximum absolute atomic E-state index is 12.1. The number of hydrogen-bond acceptors (Lipinski definition) is 7. The largest absolute Gasteiger partial charge is 0.481 e. The summed E-state index contributed by atoms with van der Waals surface area (Å²) >= 11 is 0. The zero-order chi connectivity index (χ0) is 18.7. The molecule has 11 heteroatoms. The molecule has 0 aromatic carbocycles. The third-order valence-electron chi connectivity index (χ3n) is 3.13. The van der Waals surface area contributed by atoms with Crippen molar-refractivity contribution in [3.8, 4) is 0 Å². The standard InChI is InChI=1S/C13H24N4O7/c14-5-1-2-8(12(22)17-9(6-18)13(23)24)16-11(21)7(15)3-4-10(19)20/h7-9,18H,1-6,14-15H2,(H,16,21)(H,17,22)(H,19,20)(H,23,24)/t7-,8-,9-/m0/s1. The second-order valence-electron chi connectivity index (χ2n) is 5.11. The van der Waals surface area contributed by atoms with Crippen LogP contribution in [0.15, 0.2) is 0 Å². The van der Waals surface area contributed by atoms with Gasteiger partial charge < -0.3 is 37.4 Å². The molecule has 9 N–H and O–H groups in total. The quantitative estimate of drug-likeness (QED) is 0.191. The average molecular weight is 348 g/mol. The third kappa shape index (κ3) is 8.41. The van der Waals surface area contributed by atoms with Crippen molar-refractivity contribution in [3.63, 3.8) is 0 Å². The number of nitrogens with one attached hydrogen (secondary N) is 2. The lowest BCUT2D eigenvalue weighted by molar-refractivity contribution is -0.143. The van der Waals surface area contributed by atoms with Gasteiger partial charge in [-0.3, -0.25) is 14.4 Å². The molecule has 0 bridgehead atoms. The van der Waals surface area contributed by atoms with E-state index in [-0.39, 0.29) is 25.8 Å². The predicted octanol–water partition coefficient (Wildman–Crippen LogP) is -3.04. The van der Waals surface area contributed by atoms with Crippen molar-refractivity contribution < 1.29 is 34.5 Å². The number of amides is 2. The van der Waals surface area contributed by atoms with E-state index < -0.39 is 48.5 Å². The first-order valence-electron chi connectivity index (χ1n) is 7.34. The normalized spacial score (nSPS) is 14.3. The van der Waals surface area contributed by atoms with Crippen molar-refractivity contribution in [2.24, 2.45) is 11.5 Å². The molecule has 0 aliphatic rings. The molecular weight excluding hydrogens is 324 g/mol. The van der Waals surface area contributed by atoms with Crippen LogP contribution in [0.3, 0.4) is 0 Å². The van der Waals surface area contributed by atoms with E-state index in [2.05, 4.69) is 10.6 Å². The van der Waals surface area contributed by atoms with Crippen LogP contribution in [0.4, 0.5) is 0 Å². The van der Waals surface area contributed by atoms with Gasteiger partial charge in [-0.25, -0.2) is 4.79 Å². The molecule has 0 aromatic rings. The Bertz CT molecular complexity index is 458. The number of carbonyl (C=O) groups excluding carboxylic acids is 2. The summed E-state index contributed by atoms with van der Waals surface area (Å²) in [7, 11) is 0. The number of aliphatic hydroxyl groups is 1. The van der Waals surface area contributed by atoms with E-state index in [1.807, 2.05) is 0 Å². The van der Waals surface area contributed by atoms with E-state index in [0.717, 1.165) is 0 Å². The smallest absolute Gasteiger partial charge is 0.328 e. The summed E-state index contributed by atoms with van der Waals surface area (Å²) in [6.07, 6.45) is 0.0950. The van der Waals surface area contributed by atoms with Gasteiger partial charge in [-0.15, -0.1) is 0 Å². The van der Waals surface area contributed by atoms with Crippen LogP contribution >= 0.6 is 0 Å². The number of nitrogens with two attached hydrogens (primary N) is 2. The maximum atomic E-state index is 12.1. The minimum absolute atomic E-state index is 0.110. The van der Waals surface area contributed by atoms with Crippen molar-refractivity contribution in [2.75, 3.05) is 13.2 Å². The molecule has 0 radical (unpaired) electrons. The Morgan fingerprint density at radius 1 is 0.958 bits per heavy atom. The van der Waals surface area contributed by atoms with Crippen LogP contribution in [0, 0.1) is 0 Å². The van der Waals surface area contributed by atoms with E-state index in [1.54, 1.807) is 0 Å². The van der Waals surface area contributed by atoms with E-state index in [4.69, 9.17) is 26.8 Å². The summed E-state index contributed by atoms with van der Waals surface area (Å²) in [4.78, 5) is 45.3. The number of carboxylic acid groups (broad SMARTS) is 2. The minimum atomic E-state index is -1.50. The molecule has 138 valence electrons. The Morgan fingerprint density at radius 3 is 2.00 bits per heavy atom. The van der Waals surface area contributed by atoms with Gasteiger partial charge in [0.05, 0.1) is 12.6 Å². The van der Waals surface area contributed by atoms with E-state index in [9.17, 15) is 19.2 Å². The second kappa shape index (κ2) is 11.3. The number of rotatable bonds is 12. The van der Waals surface area contributed by atoms with Crippen LogP contribution in [0.2, 0.25) is 0 Å². The Balaban J connectivity index is 4.79. The molecule has 0 fully saturated rings. The number of carboxylic acids is 2. The fourth-order valence-corrected chi connectivity index (χ4v) is 1.74. The number of aliphatic carboxylic acids is 2. The van der Waals surface area contributed by atoms with Crippen LogP contribution in [-0.4, -0.2) is 70.3 Å². The van der Waals surface area contributed by atoms with E-state index in [0.29, 0.717) is 6.42 Å². The summed E-state index contributed by atoms with van der Waals surface area (Å²) in [5.74, 6) is -4.07. The lowest BCUT2D eigenvalue weighted by Gasteiger charge is -2.22. The Labute approximate surface area is 138 Å². The third-order valence-corrected chi connectivity index (χ3v) is 3.13. The summed E-state index contributed by atoms with van der Waals surface area (Å²) in [5.41, 5.74) is 10.9. The molecule has 2 amide bonds. The van der Waals surface area contributed by atoms with Crippen molar-refractivity contribution in [3.05, 3.63) is 0 Å².